The van der Waals surface area contributed by atoms with Gasteiger partial charge in [-0.2, -0.15) is 11.8 Å². The standard InChI is InChI=1S/C14H19ClN2O2S2/c1-10(20-2)9-17-11-5-4-6-12(21(3,18)19)14(11)16-13(17)7-8-15/h4-6,10H,7-9H2,1-3H3. The van der Waals surface area contributed by atoms with Gasteiger partial charge in [-0.15, -0.1) is 11.6 Å². The molecule has 1 atom stereocenters. The molecule has 0 fully saturated rings. The maximum Gasteiger partial charge on any atom is 0.177 e. The maximum atomic E-state index is 11.9. The first-order valence-electron chi connectivity index (χ1n) is 6.65. The van der Waals surface area contributed by atoms with Crippen LogP contribution in [0.1, 0.15) is 12.7 Å². The third kappa shape index (κ3) is 3.55. The number of halogens is 1. The van der Waals surface area contributed by atoms with Crippen LogP contribution in [0, 0.1) is 0 Å². The number of hydrogen-bond acceptors (Lipinski definition) is 4. The Balaban J connectivity index is 2.68. The Hall–Kier alpha value is -0.720. The van der Waals surface area contributed by atoms with Crippen LogP contribution in [0.3, 0.4) is 0 Å². The van der Waals surface area contributed by atoms with Crippen LogP contribution in [-0.2, 0) is 22.8 Å². The fourth-order valence-corrected chi connectivity index (χ4v) is 3.57. The Labute approximate surface area is 134 Å². The third-order valence-corrected chi connectivity index (χ3v) is 5.65. The highest BCUT2D eigenvalue weighted by Gasteiger charge is 2.19. The van der Waals surface area contributed by atoms with Crippen LogP contribution in [0.25, 0.3) is 11.0 Å². The van der Waals surface area contributed by atoms with Crippen molar-refractivity contribution in [3.63, 3.8) is 0 Å². The van der Waals surface area contributed by atoms with E-state index in [-0.39, 0.29) is 4.90 Å². The van der Waals surface area contributed by atoms with Gasteiger partial charge >= 0.3 is 0 Å². The summed E-state index contributed by atoms with van der Waals surface area (Å²) < 4.78 is 25.9. The molecule has 0 saturated carbocycles. The maximum absolute atomic E-state index is 11.9. The Morgan fingerprint density at radius 1 is 1.43 bits per heavy atom. The zero-order valence-corrected chi connectivity index (χ0v) is 14.7. The predicted octanol–water partition coefficient (Wildman–Crippen LogP) is 2.97. The summed E-state index contributed by atoms with van der Waals surface area (Å²) in [7, 11) is -3.30. The molecule has 1 aromatic heterocycles. The SMILES string of the molecule is CSC(C)Cn1c(CCCl)nc2c(S(C)(=O)=O)cccc21. The van der Waals surface area contributed by atoms with Crippen LogP contribution in [0.4, 0.5) is 0 Å². The third-order valence-electron chi connectivity index (χ3n) is 3.38. The van der Waals surface area contributed by atoms with Crippen LogP contribution >= 0.6 is 23.4 Å². The summed E-state index contributed by atoms with van der Waals surface area (Å²) in [6.45, 7) is 2.93. The number of aromatic nitrogens is 2. The molecular weight excluding hydrogens is 328 g/mol. The lowest BCUT2D eigenvalue weighted by Gasteiger charge is -2.13. The summed E-state index contributed by atoms with van der Waals surface area (Å²) in [5.74, 6) is 1.31. The molecule has 116 valence electrons. The number of aryl methyl sites for hydroxylation is 1. The number of fused-ring (bicyclic) bond motifs is 1. The molecule has 7 heteroatoms. The van der Waals surface area contributed by atoms with E-state index >= 15 is 0 Å². The molecule has 0 amide bonds. The number of thioether (sulfide) groups is 1. The minimum atomic E-state index is -3.30. The molecule has 1 unspecified atom stereocenters. The van der Waals surface area contributed by atoms with E-state index in [1.54, 1.807) is 23.9 Å². The molecule has 2 aromatic rings. The Morgan fingerprint density at radius 3 is 2.71 bits per heavy atom. The average Bonchev–Trinajstić information content (AvgIpc) is 2.76. The molecule has 0 aliphatic heterocycles. The number of hydrogen-bond donors (Lipinski definition) is 0. The van der Waals surface area contributed by atoms with E-state index in [2.05, 4.69) is 22.7 Å². The van der Waals surface area contributed by atoms with Crippen LogP contribution in [0.5, 0.6) is 0 Å². The molecule has 0 aliphatic carbocycles. The molecule has 21 heavy (non-hydrogen) atoms. The van der Waals surface area contributed by atoms with Crippen LogP contribution in [0.15, 0.2) is 23.1 Å². The zero-order chi connectivity index (χ0) is 15.6. The molecule has 0 bridgehead atoms. The van der Waals surface area contributed by atoms with Gasteiger partial charge in [0.05, 0.1) is 10.4 Å². The van der Waals surface area contributed by atoms with Crippen LogP contribution in [0.2, 0.25) is 0 Å². The van der Waals surface area contributed by atoms with E-state index in [0.717, 1.165) is 17.9 Å². The van der Waals surface area contributed by atoms with Gasteiger partial charge in [0.2, 0.25) is 0 Å². The van der Waals surface area contributed by atoms with Crippen molar-refractivity contribution in [2.75, 3.05) is 18.4 Å². The highest BCUT2D eigenvalue weighted by Crippen LogP contribution is 2.25. The number of sulfone groups is 1. The van der Waals surface area contributed by atoms with Crippen molar-refractivity contribution in [2.24, 2.45) is 0 Å². The largest absolute Gasteiger partial charge is 0.327 e. The zero-order valence-electron chi connectivity index (χ0n) is 12.3. The van der Waals surface area contributed by atoms with E-state index in [9.17, 15) is 8.42 Å². The summed E-state index contributed by atoms with van der Waals surface area (Å²) in [5, 5.41) is 0.415. The van der Waals surface area contributed by atoms with Crippen molar-refractivity contribution < 1.29 is 8.42 Å². The van der Waals surface area contributed by atoms with E-state index in [1.807, 2.05) is 6.07 Å². The summed E-state index contributed by atoms with van der Waals surface area (Å²) >= 11 is 7.63. The van der Waals surface area contributed by atoms with Gasteiger partial charge in [0.25, 0.3) is 0 Å². The van der Waals surface area contributed by atoms with Crippen molar-refractivity contribution in [3.05, 3.63) is 24.0 Å². The second-order valence-electron chi connectivity index (χ2n) is 5.02. The molecule has 0 aliphatic rings. The van der Waals surface area contributed by atoms with Gasteiger partial charge in [-0.05, 0) is 18.4 Å². The minimum absolute atomic E-state index is 0.284. The van der Waals surface area contributed by atoms with Crippen molar-refractivity contribution in [2.45, 2.75) is 30.0 Å². The monoisotopic (exact) mass is 346 g/mol. The second-order valence-corrected chi connectivity index (χ2v) is 8.66. The lowest BCUT2D eigenvalue weighted by molar-refractivity contribution is 0.602. The topological polar surface area (TPSA) is 52.0 Å². The molecule has 0 radical (unpaired) electrons. The van der Waals surface area contributed by atoms with E-state index in [1.165, 1.54) is 6.26 Å². The summed E-state index contributed by atoms with van der Waals surface area (Å²) in [6.07, 6.45) is 3.90. The van der Waals surface area contributed by atoms with E-state index in [0.29, 0.717) is 23.1 Å². The van der Waals surface area contributed by atoms with Gasteiger partial charge in [0, 0.05) is 30.4 Å². The second kappa shape index (κ2) is 6.58. The van der Waals surface area contributed by atoms with Gasteiger partial charge < -0.3 is 4.57 Å². The van der Waals surface area contributed by atoms with Crippen molar-refractivity contribution in [1.29, 1.82) is 0 Å². The molecule has 2 rings (SSSR count). The molecular formula is C14H19ClN2O2S2. The number of imidazole rings is 1. The predicted molar refractivity (Wildman–Crippen MR) is 90.2 cm³/mol. The summed E-state index contributed by atoms with van der Waals surface area (Å²) in [4.78, 5) is 4.83. The fourth-order valence-electron chi connectivity index (χ4n) is 2.28. The van der Waals surface area contributed by atoms with Crippen molar-refractivity contribution >= 4 is 44.2 Å². The first-order chi connectivity index (χ1) is 9.88. The van der Waals surface area contributed by atoms with Gasteiger partial charge in [-0.25, -0.2) is 13.4 Å². The number of alkyl halides is 1. The number of nitrogens with zero attached hydrogens (tertiary/aromatic N) is 2. The Morgan fingerprint density at radius 2 is 2.14 bits per heavy atom. The highest BCUT2D eigenvalue weighted by molar-refractivity contribution is 7.99. The molecule has 1 heterocycles. The number of para-hydroxylation sites is 1. The number of rotatable bonds is 6. The Kier molecular flexibility index (Phi) is 5.22. The molecule has 4 nitrogen and oxygen atoms in total. The lowest BCUT2D eigenvalue weighted by atomic mass is 10.3. The number of benzene rings is 1. The van der Waals surface area contributed by atoms with E-state index in [4.69, 9.17) is 11.6 Å². The first-order valence-corrected chi connectivity index (χ1v) is 10.4. The smallest absolute Gasteiger partial charge is 0.177 e. The van der Waals surface area contributed by atoms with Crippen molar-refractivity contribution in [3.8, 4) is 0 Å². The van der Waals surface area contributed by atoms with Crippen LogP contribution < -0.4 is 0 Å². The molecule has 0 spiro atoms. The average molecular weight is 347 g/mol. The molecule has 1 aromatic carbocycles. The quantitative estimate of drug-likeness (QED) is 0.754. The minimum Gasteiger partial charge on any atom is -0.327 e. The van der Waals surface area contributed by atoms with Gasteiger partial charge in [0.1, 0.15) is 11.3 Å². The molecule has 0 N–H and O–H groups in total. The first kappa shape index (κ1) is 16.6. The lowest BCUT2D eigenvalue weighted by Crippen LogP contribution is -2.12. The van der Waals surface area contributed by atoms with Gasteiger partial charge in [-0.3, -0.25) is 0 Å². The summed E-state index contributed by atoms with van der Waals surface area (Å²) in [6, 6.07) is 5.30. The van der Waals surface area contributed by atoms with E-state index < -0.39 is 9.84 Å². The van der Waals surface area contributed by atoms with Crippen LogP contribution in [-0.4, -0.2) is 41.6 Å². The van der Waals surface area contributed by atoms with Gasteiger partial charge in [-0.1, -0.05) is 13.0 Å². The molecule has 0 saturated heterocycles. The Bertz CT molecular complexity index is 741. The summed E-state index contributed by atoms with van der Waals surface area (Å²) in [5.41, 5.74) is 1.41. The van der Waals surface area contributed by atoms with Gasteiger partial charge in [0.15, 0.2) is 9.84 Å². The van der Waals surface area contributed by atoms with Crippen molar-refractivity contribution in [1.82, 2.24) is 9.55 Å². The highest BCUT2D eigenvalue weighted by atomic mass is 35.5. The normalized spacial score (nSPS) is 13.7. The fraction of sp³-hybridized carbons (Fsp3) is 0.500.